The van der Waals surface area contributed by atoms with Gasteiger partial charge in [-0.25, -0.2) is 4.39 Å². The van der Waals surface area contributed by atoms with Crippen LogP contribution in [0.25, 0.3) is 0 Å². The number of aromatic nitrogens is 2. The highest BCUT2D eigenvalue weighted by Crippen LogP contribution is 2.16. The molecule has 0 fully saturated rings. The van der Waals surface area contributed by atoms with Gasteiger partial charge in [0.15, 0.2) is 0 Å². The minimum Gasteiger partial charge on any atom is -0.326 e. The Morgan fingerprint density at radius 3 is 3.06 bits per heavy atom. The number of anilines is 1. The number of hydrogen-bond donors (Lipinski definition) is 1. The van der Waals surface area contributed by atoms with E-state index in [2.05, 4.69) is 10.4 Å². The van der Waals surface area contributed by atoms with Crippen LogP contribution in [-0.2, 0) is 11.3 Å². The Labute approximate surface area is 104 Å². The summed E-state index contributed by atoms with van der Waals surface area (Å²) in [6, 6.07) is 6.13. The van der Waals surface area contributed by atoms with Gasteiger partial charge in [-0.15, -0.1) is 0 Å². The molecule has 0 aliphatic rings. The van der Waals surface area contributed by atoms with Crippen molar-refractivity contribution >= 4 is 11.6 Å². The Kier molecular flexibility index (Phi) is 3.72. The van der Waals surface area contributed by atoms with Crippen LogP contribution in [0.5, 0.6) is 0 Å². The number of nitrogens with one attached hydrogen (secondary N) is 1. The number of hydrogen-bond acceptors (Lipinski definition) is 2. The number of aryl methyl sites for hydroxylation is 2. The molecule has 1 amide bonds. The van der Waals surface area contributed by atoms with Crippen LogP contribution < -0.4 is 5.32 Å². The first-order chi connectivity index (χ1) is 8.65. The van der Waals surface area contributed by atoms with E-state index in [0.29, 0.717) is 18.7 Å². The lowest BCUT2D eigenvalue weighted by Gasteiger charge is -2.08. The lowest BCUT2D eigenvalue weighted by atomic mass is 10.2. The van der Waals surface area contributed by atoms with Crippen molar-refractivity contribution in [1.29, 1.82) is 0 Å². The molecule has 0 bridgehead atoms. The average molecular weight is 247 g/mol. The van der Waals surface area contributed by atoms with Crippen molar-refractivity contribution in [2.45, 2.75) is 19.9 Å². The summed E-state index contributed by atoms with van der Waals surface area (Å²) in [5, 5.41) is 6.70. The topological polar surface area (TPSA) is 46.9 Å². The molecule has 1 heterocycles. The predicted molar refractivity (Wildman–Crippen MR) is 66.6 cm³/mol. The highest BCUT2D eigenvalue weighted by atomic mass is 19.1. The predicted octanol–water partition coefficient (Wildman–Crippen LogP) is 2.36. The third-order valence-corrected chi connectivity index (χ3v) is 2.60. The van der Waals surface area contributed by atoms with E-state index in [9.17, 15) is 9.18 Å². The van der Waals surface area contributed by atoms with Gasteiger partial charge in [0.2, 0.25) is 5.91 Å². The Bertz CT molecular complexity index is 537. The van der Waals surface area contributed by atoms with E-state index in [-0.39, 0.29) is 11.7 Å². The van der Waals surface area contributed by atoms with Gasteiger partial charge in [0, 0.05) is 31.0 Å². The second-order valence-corrected chi connectivity index (χ2v) is 4.03. The molecule has 0 spiro atoms. The fourth-order valence-electron chi connectivity index (χ4n) is 1.59. The molecule has 0 radical (unpaired) electrons. The maximum absolute atomic E-state index is 13.0. The van der Waals surface area contributed by atoms with Crippen LogP contribution >= 0.6 is 0 Å². The van der Waals surface area contributed by atoms with Gasteiger partial charge in [-0.1, -0.05) is 6.07 Å². The molecule has 94 valence electrons. The largest absolute Gasteiger partial charge is 0.326 e. The summed E-state index contributed by atoms with van der Waals surface area (Å²) in [6.45, 7) is 2.33. The van der Waals surface area contributed by atoms with Crippen LogP contribution in [0.4, 0.5) is 10.1 Å². The molecule has 1 N–H and O–H groups in total. The van der Waals surface area contributed by atoms with Gasteiger partial charge in [-0.2, -0.15) is 5.10 Å². The summed E-state index contributed by atoms with van der Waals surface area (Å²) in [6.07, 6.45) is 3.76. The zero-order chi connectivity index (χ0) is 13.0. The van der Waals surface area contributed by atoms with E-state index in [1.165, 1.54) is 12.1 Å². The van der Waals surface area contributed by atoms with E-state index >= 15 is 0 Å². The van der Waals surface area contributed by atoms with Crippen LogP contribution in [0.2, 0.25) is 0 Å². The molecule has 2 rings (SSSR count). The molecule has 0 atom stereocenters. The van der Waals surface area contributed by atoms with E-state index in [0.717, 1.165) is 5.56 Å². The van der Waals surface area contributed by atoms with Gasteiger partial charge in [0.05, 0.1) is 0 Å². The average Bonchev–Trinajstić information content (AvgIpc) is 2.84. The summed E-state index contributed by atoms with van der Waals surface area (Å²) >= 11 is 0. The monoisotopic (exact) mass is 247 g/mol. The van der Waals surface area contributed by atoms with Crippen LogP contribution in [0.3, 0.4) is 0 Å². The maximum atomic E-state index is 13.0. The molecular formula is C13H14FN3O. The van der Waals surface area contributed by atoms with Gasteiger partial charge >= 0.3 is 0 Å². The van der Waals surface area contributed by atoms with Gasteiger partial charge in [0.1, 0.15) is 5.82 Å². The second-order valence-electron chi connectivity index (χ2n) is 4.03. The summed E-state index contributed by atoms with van der Waals surface area (Å²) in [4.78, 5) is 11.7. The summed E-state index contributed by atoms with van der Waals surface area (Å²) in [5.74, 6) is -0.512. The van der Waals surface area contributed by atoms with Crippen LogP contribution in [0, 0.1) is 12.7 Å². The van der Waals surface area contributed by atoms with E-state index < -0.39 is 0 Å². The number of nitrogens with zero attached hydrogens (tertiary/aromatic N) is 2. The quantitative estimate of drug-likeness (QED) is 0.901. The van der Waals surface area contributed by atoms with Crippen LogP contribution in [0.1, 0.15) is 12.0 Å². The highest BCUT2D eigenvalue weighted by molar-refractivity contribution is 5.91. The number of carbonyl (C=O) groups is 1. The molecule has 0 unspecified atom stereocenters. The Hall–Kier alpha value is -2.17. The van der Waals surface area contributed by atoms with E-state index in [1.54, 1.807) is 29.2 Å². The van der Waals surface area contributed by atoms with Gasteiger partial charge in [-0.3, -0.25) is 9.48 Å². The summed E-state index contributed by atoms with van der Waals surface area (Å²) in [5.41, 5.74) is 1.35. The maximum Gasteiger partial charge on any atom is 0.226 e. The van der Waals surface area contributed by atoms with Crippen molar-refractivity contribution in [1.82, 2.24) is 9.78 Å². The van der Waals surface area contributed by atoms with E-state index in [4.69, 9.17) is 0 Å². The van der Waals surface area contributed by atoms with Crippen LogP contribution in [-0.4, -0.2) is 15.7 Å². The first kappa shape index (κ1) is 12.3. The molecule has 1 aromatic heterocycles. The minimum absolute atomic E-state index is 0.154. The molecule has 0 saturated carbocycles. The fraction of sp³-hybridized carbons (Fsp3) is 0.231. The SMILES string of the molecule is Cc1ccc(F)cc1NC(=O)CCn1cccn1. The lowest BCUT2D eigenvalue weighted by Crippen LogP contribution is -2.15. The first-order valence-corrected chi connectivity index (χ1v) is 5.68. The van der Waals surface area contributed by atoms with Crippen molar-refractivity contribution < 1.29 is 9.18 Å². The molecular weight excluding hydrogens is 233 g/mol. The van der Waals surface area contributed by atoms with Gasteiger partial charge in [0.25, 0.3) is 0 Å². The normalized spacial score (nSPS) is 10.3. The molecule has 0 saturated heterocycles. The summed E-state index contributed by atoms with van der Waals surface area (Å²) in [7, 11) is 0. The molecule has 4 nitrogen and oxygen atoms in total. The molecule has 5 heteroatoms. The smallest absolute Gasteiger partial charge is 0.226 e. The Balaban J connectivity index is 1.92. The molecule has 18 heavy (non-hydrogen) atoms. The number of halogens is 1. The highest BCUT2D eigenvalue weighted by Gasteiger charge is 2.06. The van der Waals surface area contributed by atoms with Crippen molar-refractivity contribution in [2.75, 3.05) is 5.32 Å². The third kappa shape index (κ3) is 3.16. The van der Waals surface area contributed by atoms with E-state index in [1.807, 2.05) is 6.92 Å². The van der Waals surface area contributed by atoms with Crippen LogP contribution in [0.15, 0.2) is 36.7 Å². The van der Waals surface area contributed by atoms with Crippen molar-refractivity contribution in [2.24, 2.45) is 0 Å². The Morgan fingerprint density at radius 1 is 1.50 bits per heavy atom. The van der Waals surface area contributed by atoms with Crippen molar-refractivity contribution in [3.05, 3.63) is 48.0 Å². The molecule has 0 aliphatic heterocycles. The zero-order valence-corrected chi connectivity index (χ0v) is 10.1. The Morgan fingerprint density at radius 2 is 2.33 bits per heavy atom. The van der Waals surface area contributed by atoms with Gasteiger partial charge < -0.3 is 5.32 Å². The zero-order valence-electron chi connectivity index (χ0n) is 10.1. The fourth-order valence-corrected chi connectivity index (χ4v) is 1.59. The third-order valence-electron chi connectivity index (χ3n) is 2.60. The minimum atomic E-state index is -0.358. The number of benzene rings is 1. The standard InChI is InChI=1S/C13H14FN3O/c1-10-3-4-11(14)9-12(10)16-13(18)5-8-17-7-2-6-15-17/h2-4,6-7,9H,5,8H2,1H3,(H,16,18). The number of carbonyl (C=O) groups excluding carboxylic acids is 1. The van der Waals surface area contributed by atoms with Gasteiger partial charge in [-0.05, 0) is 30.7 Å². The molecule has 1 aromatic carbocycles. The lowest BCUT2D eigenvalue weighted by molar-refractivity contribution is -0.116. The van der Waals surface area contributed by atoms with Crippen molar-refractivity contribution in [3.8, 4) is 0 Å². The second kappa shape index (κ2) is 5.44. The molecule has 0 aliphatic carbocycles. The number of rotatable bonds is 4. The van der Waals surface area contributed by atoms with Crippen molar-refractivity contribution in [3.63, 3.8) is 0 Å². The number of amides is 1. The summed E-state index contributed by atoms with van der Waals surface area (Å²) < 4.78 is 14.7. The molecule has 2 aromatic rings. The first-order valence-electron chi connectivity index (χ1n) is 5.68.